The molecule has 0 fully saturated rings. The highest BCUT2D eigenvalue weighted by Gasteiger charge is 2.14. The summed E-state index contributed by atoms with van der Waals surface area (Å²) in [5.41, 5.74) is 6.55. The fourth-order valence-electron chi connectivity index (χ4n) is 1.82. The van der Waals surface area contributed by atoms with Gasteiger partial charge >= 0.3 is 0 Å². The lowest BCUT2D eigenvalue weighted by Gasteiger charge is -2.12. The minimum Gasteiger partial charge on any atom is -0.328 e. The molecule has 0 radical (unpaired) electrons. The summed E-state index contributed by atoms with van der Waals surface area (Å²) in [5.74, 6) is 0.292. The highest BCUT2D eigenvalue weighted by Crippen LogP contribution is 2.18. The zero-order valence-corrected chi connectivity index (χ0v) is 11.8. The van der Waals surface area contributed by atoms with Crippen molar-refractivity contribution in [2.45, 2.75) is 45.6 Å². The van der Waals surface area contributed by atoms with Crippen LogP contribution in [0, 0.1) is 5.92 Å². The van der Waals surface area contributed by atoms with Crippen molar-refractivity contribution in [3.8, 4) is 0 Å². The van der Waals surface area contributed by atoms with Crippen molar-refractivity contribution in [3.05, 3.63) is 29.0 Å². The standard InChI is InChI=1S/C14H21ClN2O/c1-10(4-3-5-11(2)16)14(18)8-12-6-7-17-9-13(12)15/h6-7,9-11H,3-5,8,16H2,1-2H3. The van der Waals surface area contributed by atoms with Crippen molar-refractivity contribution in [3.63, 3.8) is 0 Å². The summed E-state index contributed by atoms with van der Waals surface area (Å²) in [6.45, 7) is 3.96. The first kappa shape index (κ1) is 15.1. The highest BCUT2D eigenvalue weighted by atomic mass is 35.5. The Bertz CT molecular complexity index is 393. The molecular weight excluding hydrogens is 248 g/mol. The number of hydrogen-bond acceptors (Lipinski definition) is 3. The van der Waals surface area contributed by atoms with Crippen LogP contribution in [-0.4, -0.2) is 16.8 Å². The number of Topliss-reactive ketones (excluding diaryl/α,β-unsaturated/α-hetero) is 1. The van der Waals surface area contributed by atoms with Crippen LogP contribution in [0.15, 0.2) is 18.5 Å². The van der Waals surface area contributed by atoms with Gasteiger partial charge in [-0.1, -0.05) is 24.9 Å². The third kappa shape index (κ3) is 5.15. The second-order valence-corrected chi connectivity index (χ2v) is 5.33. The van der Waals surface area contributed by atoms with Crippen LogP contribution in [0.2, 0.25) is 5.02 Å². The van der Waals surface area contributed by atoms with Gasteiger partial charge in [0.25, 0.3) is 0 Å². The van der Waals surface area contributed by atoms with Gasteiger partial charge in [0.2, 0.25) is 0 Å². The smallest absolute Gasteiger partial charge is 0.140 e. The Hall–Kier alpha value is -0.930. The third-order valence-corrected chi connectivity index (χ3v) is 3.41. The SMILES string of the molecule is CC(N)CCCC(C)C(=O)Cc1ccncc1Cl. The minimum atomic E-state index is 0.0629. The van der Waals surface area contributed by atoms with E-state index >= 15 is 0 Å². The second kappa shape index (κ2) is 7.49. The van der Waals surface area contributed by atoms with Crippen molar-refractivity contribution in [1.29, 1.82) is 0 Å². The van der Waals surface area contributed by atoms with E-state index in [1.165, 1.54) is 0 Å². The predicted octanol–water partition coefficient (Wildman–Crippen LogP) is 3.00. The van der Waals surface area contributed by atoms with E-state index in [9.17, 15) is 4.79 Å². The maximum absolute atomic E-state index is 12.0. The molecule has 100 valence electrons. The first-order valence-electron chi connectivity index (χ1n) is 6.37. The van der Waals surface area contributed by atoms with Gasteiger partial charge in [-0.2, -0.15) is 0 Å². The lowest BCUT2D eigenvalue weighted by atomic mass is 9.94. The van der Waals surface area contributed by atoms with Crippen LogP contribution in [0.5, 0.6) is 0 Å². The lowest BCUT2D eigenvalue weighted by molar-refractivity contribution is -0.121. The maximum atomic E-state index is 12.0. The summed E-state index contributed by atoms with van der Waals surface area (Å²) < 4.78 is 0. The van der Waals surface area contributed by atoms with Crippen molar-refractivity contribution in [1.82, 2.24) is 4.98 Å². The molecular formula is C14H21ClN2O. The molecule has 1 aromatic heterocycles. The molecule has 0 saturated heterocycles. The Balaban J connectivity index is 2.43. The van der Waals surface area contributed by atoms with Crippen LogP contribution in [-0.2, 0) is 11.2 Å². The zero-order valence-electron chi connectivity index (χ0n) is 11.0. The third-order valence-electron chi connectivity index (χ3n) is 3.07. The van der Waals surface area contributed by atoms with Gasteiger partial charge in [-0.25, -0.2) is 0 Å². The molecule has 1 aromatic rings. The van der Waals surface area contributed by atoms with E-state index < -0.39 is 0 Å². The summed E-state index contributed by atoms with van der Waals surface area (Å²) in [6.07, 6.45) is 6.48. The number of carbonyl (C=O) groups excluding carboxylic acids is 1. The average molecular weight is 269 g/mol. The highest BCUT2D eigenvalue weighted by molar-refractivity contribution is 6.31. The van der Waals surface area contributed by atoms with Crippen molar-refractivity contribution in [2.24, 2.45) is 11.7 Å². The Labute approximate surface area is 114 Å². The number of halogens is 1. The van der Waals surface area contributed by atoms with E-state index in [1.54, 1.807) is 18.5 Å². The van der Waals surface area contributed by atoms with Crippen LogP contribution in [0.3, 0.4) is 0 Å². The molecule has 0 aromatic carbocycles. The Morgan fingerprint density at radius 2 is 2.17 bits per heavy atom. The van der Waals surface area contributed by atoms with E-state index in [0.29, 0.717) is 11.4 Å². The maximum Gasteiger partial charge on any atom is 0.140 e. The number of hydrogen-bond donors (Lipinski definition) is 1. The summed E-state index contributed by atoms with van der Waals surface area (Å²) in [7, 11) is 0. The van der Waals surface area contributed by atoms with Crippen molar-refractivity contribution >= 4 is 17.4 Å². The molecule has 0 spiro atoms. The average Bonchev–Trinajstić information content (AvgIpc) is 2.31. The number of nitrogens with zero attached hydrogens (tertiary/aromatic N) is 1. The van der Waals surface area contributed by atoms with Gasteiger partial charge in [-0.15, -0.1) is 0 Å². The van der Waals surface area contributed by atoms with E-state index in [1.807, 2.05) is 13.8 Å². The molecule has 1 rings (SSSR count). The van der Waals surface area contributed by atoms with Crippen LogP contribution in [0.25, 0.3) is 0 Å². The summed E-state index contributed by atoms with van der Waals surface area (Å²) in [5, 5.41) is 0.564. The Morgan fingerprint density at radius 1 is 1.44 bits per heavy atom. The fourth-order valence-corrected chi connectivity index (χ4v) is 2.00. The number of carbonyl (C=O) groups is 1. The van der Waals surface area contributed by atoms with E-state index in [4.69, 9.17) is 17.3 Å². The fraction of sp³-hybridized carbons (Fsp3) is 0.571. The van der Waals surface area contributed by atoms with Gasteiger partial charge in [0.15, 0.2) is 0 Å². The summed E-state index contributed by atoms with van der Waals surface area (Å²) in [4.78, 5) is 15.9. The second-order valence-electron chi connectivity index (χ2n) is 4.92. The molecule has 3 nitrogen and oxygen atoms in total. The molecule has 0 amide bonds. The Morgan fingerprint density at radius 3 is 2.78 bits per heavy atom. The van der Waals surface area contributed by atoms with Crippen LogP contribution < -0.4 is 5.73 Å². The molecule has 2 N–H and O–H groups in total. The quantitative estimate of drug-likeness (QED) is 0.827. The lowest BCUT2D eigenvalue weighted by Crippen LogP contribution is -2.17. The van der Waals surface area contributed by atoms with Crippen LogP contribution in [0.4, 0.5) is 0 Å². The van der Waals surface area contributed by atoms with Gasteiger partial charge in [-0.05, 0) is 31.4 Å². The first-order valence-corrected chi connectivity index (χ1v) is 6.75. The minimum absolute atomic E-state index is 0.0629. The molecule has 0 aliphatic carbocycles. The number of nitrogens with two attached hydrogens (primary N) is 1. The topological polar surface area (TPSA) is 56.0 Å². The summed E-state index contributed by atoms with van der Waals surface area (Å²) in [6, 6.07) is 2.01. The van der Waals surface area contributed by atoms with Gasteiger partial charge in [0, 0.05) is 30.8 Å². The predicted molar refractivity (Wildman–Crippen MR) is 74.6 cm³/mol. The van der Waals surface area contributed by atoms with Crippen molar-refractivity contribution in [2.75, 3.05) is 0 Å². The monoisotopic (exact) mass is 268 g/mol. The normalized spacial score (nSPS) is 14.2. The number of ketones is 1. The molecule has 18 heavy (non-hydrogen) atoms. The number of aromatic nitrogens is 1. The zero-order chi connectivity index (χ0) is 13.5. The molecule has 1 heterocycles. The first-order chi connectivity index (χ1) is 8.50. The van der Waals surface area contributed by atoms with E-state index in [2.05, 4.69) is 4.98 Å². The van der Waals surface area contributed by atoms with Crippen molar-refractivity contribution < 1.29 is 4.79 Å². The van der Waals surface area contributed by atoms with Gasteiger partial charge in [0.1, 0.15) is 5.78 Å². The van der Waals surface area contributed by atoms with Gasteiger partial charge < -0.3 is 5.73 Å². The van der Waals surface area contributed by atoms with Crippen LogP contribution in [0.1, 0.15) is 38.7 Å². The van der Waals surface area contributed by atoms with E-state index in [0.717, 1.165) is 24.8 Å². The number of rotatable bonds is 7. The largest absolute Gasteiger partial charge is 0.328 e. The van der Waals surface area contributed by atoms with Gasteiger partial charge in [0.05, 0.1) is 5.02 Å². The number of pyridine rings is 1. The Kier molecular flexibility index (Phi) is 6.30. The molecule has 0 aliphatic rings. The molecule has 2 unspecified atom stereocenters. The van der Waals surface area contributed by atoms with E-state index in [-0.39, 0.29) is 17.7 Å². The molecule has 4 heteroatoms. The van der Waals surface area contributed by atoms with Crippen LogP contribution >= 0.6 is 11.6 Å². The molecule has 0 bridgehead atoms. The molecule has 0 aliphatic heterocycles. The summed E-state index contributed by atoms with van der Waals surface area (Å²) >= 11 is 5.99. The molecule has 2 atom stereocenters. The molecule has 0 saturated carbocycles. The van der Waals surface area contributed by atoms with Gasteiger partial charge in [-0.3, -0.25) is 9.78 Å².